The molecule has 0 N–H and O–H groups in total. The monoisotopic (exact) mass is 205 g/mol. The summed E-state index contributed by atoms with van der Waals surface area (Å²) in [6.45, 7) is 7.02. The molecule has 0 aromatic heterocycles. The molecule has 2 saturated carbocycles. The van der Waals surface area contributed by atoms with Gasteiger partial charge in [0.2, 0.25) is 0 Å². The van der Waals surface area contributed by atoms with Crippen molar-refractivity contribution in [3.05, 3.63) is 0 Å². The van der Waals surface area contributed by atoms with Crippen LogP contribution in [-0.4, -0.2) is 0 Å². The minimum atomic E-state index is 0.390. The van der Waals surface area contributed by atoms with Crippen molar-refractivity contribution in [1.29, 1.82) is 5.26 Å². The third kappa shape index (κ3) is 1.69. The van der Waals surface area contributed by atoms with Gasteiger partial charge < -0.3 is 0 Å². The van der Waals surface area contributed by atoms with Crippen LogP contribution in [0.3, 0.4) is 0 Å². The Kier molecular flexibility index (Phi) is 3.05. The van der Waals surface area contributed by atoms with E-state index in [0.717, 1.165) is 29.6 Å². The quantitative estimate of drug-likeness (QED) is 0.686. The number of hydrogen-bond donors (Lipinski definition) is 0. The maximum absolute atomic E-state index is 9.15. The van der Waals surface area contributed by atoms with Gasteiger partial charge in [-0.05, 0) is 42.4 Å². The van der Waals surface area contributed by atoms with Crippen molar-refractivity contribution in [3.8, 4) is 6.07 Å². The first-order valence-corrected chi connectivity index (χ1v) is 6.58. The summed E-state index contributed by atoms with van der Waals surface area (Å²) in [6.07, 6.45) is 5.19. The summed E-state index contributed by atoms with van der Waals surface area (Å²) in [5, 5.41) is 9.15. The second-order valence-electron chi connectivity index (χ2n) is 5.90. The minimum Gasteiger partial charge on any atom is -0.198 e. The molecule has 5 atom stereocenters. The van der Waals surface area contributed by atoms with Gasteiger partial charge in [-0.25, -0.2) is 0 Å². The molecular formula is C14H23N. The van der Waals surface area contributed by atoms with Crippen LogP contribution >= 0.6 is 0 Å². The maximum Gasteiger partial charge on any atom is 0.0658 e. The van der Waals surface area contributed by atoms with Gasteiger partial charge in [0, 0.05) is 5.92 Å². The summed E-state index contributed by atoms with van der Waals surface area (Å²) in [5.74, 6) is 4.60. The van der Waals surface area contributed by atoms with E-state index in [1.807, 2.05) is 0 Å². The molecule has 2 aliphatic rings. The standard InChI is InChI=1S/C14H23N/c1-4-5-12-13-7-10(6-11(13)8-15)14(12)9(2)3/h9-14H,4-7H2,1-3H3. The highest BCUT2D eigenvalue weighted by Crippen LogP contribution is 2.58. The van der Waals surface area contributed by atoms with E-state index in [9.17, 15) is 0 Å². The smallest absolute Gasteiger partial charge is 0.0658 e. The fraction of sp³-hybridized carbons (Fsp3) is 0.929. The third-order valence-corrected chi connectivity index (χ3v) is 4.79. The van der Waals surface area contributed by atoms with E-state index in [-0.39, 0.29) is 0 Å². The molecule has 15 heavy (non-hydrogen) atoms. The highest BCUT2D eigenvalue weighted by molar-refractivity contribution is 5.07. The van der Waals surface area contributed by atoms with Crippen LogP contribution in [0.5, 0.6) is 0 Å². The predicted octanol–water partition coefficient (Wildman–Crippen LogP) is 3.85. The number of nitriles is 1. The van der Waals surface area contributed by atoms with Crippen LogP contribution in [0.2, 0.25) is 0 Å². The van der Waals surface area contributed by atoms with E-state index in [2.05, 4.69) is 26.8 Å². The number of fused-ring (bicyclic) bond motifs is 2. The number of hydrogen-bond acceptors (Lipinski definition) is 1. The van der Waals surface area contributed by atoms with Crippen molar-refractivity contribution in [2.24, 2.45) is 35.5 Å². The van der Waals surface area contributed by atoms with E-state index >= 15 is 0 Å². The van der Waals surface area contributed by atoms with Gasteiger partial charge in [-0.1, -0.05) is 33.6 Å². The van der Waals surface area contributed by atoms with E-state index in [0.29, 0.717) is 5.92 Å². The van der Waals surface area contributed by atoms with Crippen LogP contribution in [-0.2, 0) is 0 Å². The lowest BCUT2D eigenvalue weighted by Gasteiger charge is -2.36. The zero-order valence-corrected chi connectivity index (χ0v) is 10.2. The van der Waals surface area contributed by atoms with Gasteiger partial charge in [0.05, 0.1) is 6.07 Å². The summed E-state index contributed by atoms with van der Waals surface area (Å²) >= 11 is 0. The molecule has 2 fully saturated rings. The zero-order chi connectivity index (χ0) is 11.0. The van der Waals surface area contributed by atoms with E-state index in [1.54, 1.807) is 0 Å². The van der Waals surface area contributed by atoms with Gasteiger partial charge in [0.1, 0.15) is 0 Å². The highest BCUT2D eigenvalue weighted by Gasteiger charge is 2.52. The summed E-state index contributed by atoms with van der Waals surface area (Å²) < 4.78 is 0. The van der Waals surface area contributed by atoms with Gasteiger partial charge in [-0.15, -0.1) is 0 Å². The first-order valence-electron chi connectivity index (χ1n) is 6.58. The van der Waals surface area contributed by atoms with E-state index < -0.39 is 0 Å². The Morgan fingerprint density at radius 1 is 1.33 bits per heavy atom. The topological polar surface area (TPSA) is 23.8 Å². The molecule has 1 heteroatoms. The fourth-order valence-corrected chi connectivity index (χ4v) is 4.46. The first-order chi connectivity index (χ1) is 7.19. The minimum absolute atomic E-state index is 0.390. The summed E-state index contributed by atoms with van der Waals surface area (Å²) in [4.78, 5) is 0. The van der Waals surface area contributed by atoms with Crippen molar-refractivity contribution in [3.63, 3.8) is 0 Å². The molecular weight excluding hydrogens is 182 g/mol. The molecule has 0 amide bonds. The molecule has 0 heterocycles. The molecule has 0 aromatic rings. The van der Waals surface area contributed by atoms with E-state index in [1.165, 1.54) is 25.7 Å². The summed E-state index contributed by atoms with van der Waals surface area (Å²) in [7, 11) is 0. The van der Waals surface area contributed by atoms with Gasteiger partial charge in [0.25, 0.3) is 0 Å². The molecule has 0 aliphatic heterocycles. The molecule has 0 saturated heterocycles. The highest BCUT2D eigenvalue weighted by atomic mass is 14.6. The second-order valence-corrected chi connectivity index (χ2v) is 5.90. The Hall–Kier alpha value is -0.510. The van der Waals surface area contributed by atoms with Gasteiger partial charge in [-0.3, -0.25) is 0 Å². The van der Waals surface area contributed by atoms with Gasteiger partial charge in [-0.2, -0.15) is 5.26 Å². The Bertz CT molecular complexity index is 263. The first kappa shape index (κ1) is 11.0. The van der Waals surface area contributed by atoms with Gasteiger partial charge in [0.15, 0.2) is 0 Å². The number of rotatable bonds is 3. The zero-order valence-electron chi connectivity index (χ0n) is 10.2. The summed E-state index contributed by atoms with van der Waals surface area (Å²) in [6, 6.07) is 2.54. The van der Waals surface area contributed by atoms with Crippen LogP contribution in [0.1, 0.15) is 46.5 Å². The Morgan fingerprint density at radius 2 is 2.07 bits per heavy atom. The molecule has 5 unspecified atom stereocenters. The van der Waals surface area contributed by atoms with Crippen molar-refractivity contribution in [2.45, 2.75) is 46.5 Å². The molecule has 2 rings (SSSR count). The lowest BCUT2D eigenvalue weighted by Crippen LogP contribution is -2.30. The van der Waals surface area contributed by atoms with Crippen LogP contribution in [0.4, 0.5) is 0 Å². The molecule has 1 nitrogen and oxygen atoms in total. The van der Waals surface area contributed by atoms with Crippen LogP contribution in [0, 0.1) is 46.8 Å². The van der Waals surface area contributed by atoms with Crippen LogP contribution in [0.15, 0.2) is 0 Å². The Labute approximate surface area is 93.9 Å². The maximum atomic E-state index is 9.15. The van der Waals surface area contributed by atoms with Crippen LogP contribution in [0.25, 0.3) is 0 Å². The lowest BCUT2D eigenvalue weighted by atomic mass is 9.68. The SMILES string of the molecule is CCCC1C2CC(CC2C#N)C1C(C)C. The molecule has 2 aliphatic carbocycles. The molecule has 0 aromatic carbocycles. The van der Waals surface area contributed by atoms with Crippen molar-refractivity contribution < 1.29 is 0 Å². The van der Waals surface area contributed by atoms with Crippen molar-refractivity contribution in [1.82, 2.24) is 0 Å². The molecule has 84 valence electrons. The Balaban J connectivity index is 2.14. The average molecular weight is 205 g/mol. The van der Waals surface area contributed by atoms with Crippen LogP contribution < -0.4 is 0 Å². The van der Waals surface area contributed by atoms with E-state index in [4.69, 9.17) is 5.26 Å². The Morgan fingerprint density at radius 3 is 2.60 bits per heavy atom. The van der Waals surface area contributed by atoms with Gasteiger partial charge >= 0.3 is 0 Å². The normalized spacial score (nSPS) is 43.5. The average Bonchev–Trinajstić information content (AvgIpc) is 2.74. The molecule has 2 bridgehead atoms. The lowest BCUT2D eigenvalue weighted by molar-refractivity contribution is 0.134. The van der Waals surface area contributed by atoms with Crippen molar-refractivity contribution >= 4 is 0 Å². The molecule has 0 radical (unpaired) electrons. The predicted molar refractivity (Wildman–Crippen MR) is 62.0 cm³/mol. The largest absolute Gasteiger partial charge is 0.198 e. The second kappa shape index (κ2) is 4.16. The fourth-order valence-electron chi connectivity index (χ4n) is 4.46. The van der Waals surface area contributed by atoms with Crippen molar-refractivity contribution in [2.75, 3.05) is 0 Å². The third-order valence-electron chi connectivity index (χ3n) is 4.79. The summed E-state index contributed by atoms with van der Waals surface area (Å²) in [5.41, 5.74) is 0. The molecule has 0 spiro atoms. The number of nitrogens with zero attached hydrogens (tertiary/aromatic N) is 1.